The maximum absolute atomic E-state index is 6.79. The molecule has 0 aliphatic rings. The first-order valence-corrected chi connectivity index (χ1v) is 4.26. The van der Waals surface area contributed by atoms with Crippen molar-refractivity contribution >= 4 is 6.21 Å². The molecule has 0 atom stereocenters. The van der Waals surface area contributed by atoms with Crippen LogP contribution in [0.15, 0.2) is 0 Å². The average Bonchev–Trinajstić information content (AvgIpc) is 2.03. The van der Waals surface area contributed by atoms with E-state index in [9.17, 15) is 0 Å². The molecule has 0 spiro atoms. The van der Waals surface area contributed by atoms with Crippen LogP contribution in [0.25, 0.3) is 0 Å². The molecule has 0 fully saturated rings. The largest absolute Gasteiger partial charge is 0.320 e. The smallest absolute Gasteiger partial charge is 0.00368 e. The van der Waals surface area contributed by atoms with Crippen molar-refractivity contribution in [3.05, 3.63) is 0 Å². The van der Waals surface area contributed by atoms with Crippen LogP contribution in [0.2, 0.25) is 0 Å². The van der Waals surface area contributed by atoms with Crippen molar-refractivity contribution in [3.63, 3.8) is 0 Å². The van der Waals surface area contributed by atoms with Gasteiger partial charge < -0.3 is 16.0 Å². The van der Waals surface area contributed by atoms with Crippen molar-refractivity contribution in [1.29, 1.82) is 5.41 Å². The Labute approximate surface area is 69.1 Å². The summed E-state index contributed by atoms with van der Waals surface area (Å²) in [5.41, 5.74) is 0. The van der Waals surface area contributed by atoms with Crippen molar-refractivity contribution in [2.75, 3.05) is 26.7 Å². The fraction of sp³-hybridized carbons (Fsp3) is 0.875. The monoisotopic (exact) mass is 157 g/mol. The maximum atomic E-state index is 6.79. The van der Waals surface area contributed by atoms with E-state index in [1.54, 1.807) is 0 Å². The molecular formula is C8H19N3. The standard InChI is InChI=1S/C8H19N3/c1-10-6-4-8-11-7-3-2-5-9/h5,9-11H,2-4,6-8H2,1H3. The van der Waals surface area contributed by atoms with E-state index in [0.29, 0.717) is 0 Å². The van der Waals surface area contributed by atoms with Crippen LogP contribution in [0.5, 0.6) is 0 Å². The lowest BCUT2D eigenvalue weighted by atomic mass is 10.3. The van der Waals surface area contributed by atoms with Crippen LogP contribution < -0.4 is 10.6 Å². The lowest BCUT2D eigenvalue weighted by Crippen LogP contribution is -2.20. The Morgan fingerprint density at radius 1 is 1.18 bits per heavy atom. The number of hydrogen-bond donors (Lipinski definition) is 3. The van der Waals surface area contributed by atoms with Crippen LogP contribution in [0.4, 0.5) is 0 Å². The first-order chi connectivity index (χ1) is 5.41. The Morgan fingerprint density at radius 3 is 2.55 bits per heavy atom. The molecule has 3 heteroatoms. The number of hydrogen-bond acceptors (Lipinski definition) is 3. The molecule has 0 aromatic rings. The second kappa shape index (κ2) is 9.59. The summed E-state index contributed by atoms with van der Waals surface area (Å²) in [5, 5.41) is 13.2. The van der Waals surface area contributed by atoms with Gasteiger partial charge in [-0.15, -0.1) is 0 Å². The molecule has 0 heterocycles. The highest BCUT2D eigenvalue weighted by Crippen LogP contribution is 1.81. The minimum atomic E-state index is 0.902. The molecule has 0 aliphatic carbocycles. The van der Waals surface area contributed by atoms with Crippen LogP contribution in [0.3, 0.4) is 0 Å². The molecule has 0 saturated carbocycles. The second-order valence-electron chi connectivity index (χ2n) is 2.55. The topological polar surface area (TPSA) is 47.9 Å². The summed E-state index contributed by atoms with van der Waals surface area (Å²) < 4.78 is 0. The van der Waals surface area contributed by atoms with Crippen molar-refractivity contribution < 1.29 is 0 Å². The zero-order valence-electron chi connectivity index (χ0n) is 7.32. The van der Waals surface area contributed by atoms with E-state index in [4.69, 9.17) is 5.41 Å². The highest BCUT2D eigenvalue weighted by molar-refractivity contribution is 5.52. The van der Waals surface area contributed by atoms with Gasteiger partial charge in [-0.3, -0.25) is 0 Å². The van der Waals surface area contributed by atoms with Gasteiger partial charge in [0.15, 0.2) is 0 Å². The minimum Gasteiger partial charge on any atom is -0.320 e. The van der Waals surface area contributed by atoms with Crippen LogP contribution in [0, 0.1) is 5.41 Å². The predicted molar refractivity (Wildman–Crippen MR) is 49.4 cm³/mol. The summed E-state index contributed by atoms with van der Waals surface area (Å²) in [5.74, 6) is 0. The minimum absolute atomic E-state index is 0.902. The van der Waals surface area contributed by atoms with E-state index < -0.39 is 0 Å². The van der Waals surface area contributed by atoms with Gasteiger partial charge in [-0.05, 0) is 52.2 Å². The lowest BCUT2D eigenvalue weighted by Gasteiger charge is -2.01. The third-order valence-corrected chi connectivity index (χ3v) is 1.48. The van der Waals surface area contributed by atoms with Gasteiger partial charge >= 0.3 is 0 Å². The molecule has 0 rings (SSSR count). The van der Waals surface area contributed by atoms with Crippen molar-refractivity contribution in [3.8, 4) is 0 Å². The van der Waals surface area contributed by atoms with Crippen molar-refractivity contribution in [2.45, 2.75) is 19.3 Å². The van der Waals surface area contributed by atoms with E-state index in [0.717, 1.165) is 32.5 Å². The number of rotatable bonds is 8. The first-order valence-electron chi connectivity index (χ1n) is 4.26. The summed E-state index contributed by atoms with van der Waals surface area (Å²) in [4.78, 5) is 0. The third kappa shape index (κ3) is 9.59. The van der Waals surface area contributed by atoms with Gasteiger partial charge in [-0.1, -0.05) is 0 Å². The first kappa shape index (κ1) is 10.6. The Morgan fingerprint density at radius 2 is 1.91 bits per heavy atom. The summed E-state index contributed by atoms with van der Waals surface area (Å²) in [6.45, 7) is 3.20. The molecule has 0 aliphatic heterocycles. The fourth-order valence-corrected chi connectivity index (χ4v) is 0.844. The number of nitrogens with one attached hydrogen (secondary N) is 3. The molecule has 11 heavy (non-hydrogen) atoms. The van der Waals surface area contributed by atoms with E-state index in [2.05, 4.69) is 10.6 Å². The molecule has 0 saturated heterocycles. The zero-order chi connectivity index (χ0) is 8.36. The Kier molecular flexibility index (Phi) is 9.23. The fourth-order valence-electron chi connectivity index (χ4n) is 0.844. The molecule has 0 aromatic carbocycles. The van der Waals surface area contributed by atoms with Gasteiger partial charge in [-0.2, -0.15) is 0 Å². The second-order valence-corrected chi connectivity index (χ2v) is 2.55. The van der Waals surface area contributed by atoms with Crippen molar-refractivity contribution in [2.24, 2.45) is 0 Å². The lowest BCUT2D eigenvalue weighted by molar-refractivity contribution is 0.613. The molecule has 0 bridgehead atoms. The normalized spacial score (nSPS) is 9.91. The van der Waals surface area contributed by atoms with Gasteiger partial charge in [0.25, 0.3) is 0 Å². The molecule has 66 valence electrons. The summed E-state index contributed by atoms with van der Waals surface area (Å²) >= 11 is 0. The van der Waals surface area contributed by atoms with E-state index >= 15 is 0 Å². The quantitative estimate of drug-likeness (QED) is 0.357. The van der Waals surface area contributed by atoms with Crippen molar-refractivity contribution in [1.82, 2.24) is 10.6 Å². The van der Waals surface area contributed by atoms with E-state index in [1.165, 1.54) is 12.6 Å². The van der Waals surface area contributed by atoms with Crippen LogP contribution in [-0.2, 0) is 0 Å². The maximum Gasteiger partial charge on any atom is -0.00368 e. The number of unbranched alkanes of at least 4 members (excludes halogenated alkanes) is 1. The summed E-state index contributed by atoms with van der Waals surface area (Å²) in [6.07, 6.45) is 4.64. The van der Waals surface area contributed by atoms with Crippen LogP contribution in [-0.4, -0.2) is 32.9 Å². The summed E-state index contributed by atoms with van der Waals surface area (Å²) in [6, 6.07) is 0. The molecule has 0 radical (unpaired) electrons. The third-order valence-electron chi connectivity index (χ3n) is 1.48. The van der Waals surface area contributed by atoms with Crippen LogP contribution in [0.1, 0.15) is 19.3 Å². The highest BCUT2D eigenvalue weighted by atomic mass is 14.9. The molecule has 3 N–H and O–H groups in total. The predicted octanol–water partition coefficient (Wildman–Crippen LogP) is 0.615. The van der Waals surface area contributed by atoms with Gasteiger partial charge in [-0.25, -0.2) is 0 Å². The average molecular weight is 157 g/mol. The van der Waals surface area contributed by atoms with E-state index in [1.807, 2.05) is 7.05 Å². The molecule has 0 aromatic heterocycles. The molecule has 0 amide bonds. The molecule has 0 unspecified atom stereocenters. The molecular weight excluding hydrogens is 138 g/mol. The SMILES string of the molecule is CNCCCNCCCC=N. The van der Waals surface area contributed by atoms with Gasteiger partial charge in [0.05, 0.1) is 0 Å². The van der Waals surface area contributed by atoms with Crippen LogP contribution >= 0.6 is 0 Å². The van der Waals surface area contributed by atoms with Gasteiger partial charge in [0.2, 0.25) is 0 Å². The highest BCUT2D eigenvalue weighted by Gasteiger charge is 1.85. The van der Waals surface area contributed by atoms with Gasteiger partial charge in [0, 0.05) is 0 Å². The Bertz CT molecular complexity index is 83.4. The Balaban J connectivity index is 2.74. The Hall–Kier alpha value is -0.410. The summed E-state index contributed by atoms with van der Waals surface area (Å²) in [7, 11) is 1.97. The zero-order valence-corrected chi connectivity index (χ0v) is 7.32. The van der Waals surface area contributed by atoms with E-state index in [-0.39, 0.29) is 0 Å². The molecule has 3 nitrogen and oxygen atoms in total. The van der Waals surface area contributed by atoms with Gasteiger partial charge in [0.1, 0.15) is 0 Å².